The molecule has 38 heavy (non-hydrogen) atoms. The van der Waals surface area contributed by atoms with Gasteiger partial charge in [-0.05, 0) is 41.5 Å². The van der Waals surface area contributed by atoms with Crippen LogP contribution in [0.4, 0.5) is 4.39 Å². The summed E-state index contributed by atoms with van der Waals surface area (Å²) in [6.45, 7) is 4.63. The van der Waals surface area contributed by atoms with Gasteiger partial charge in [0.15, 0.2) is 0 Å². The normalized spacial score (nSPS) is 18.3. The fourth-order valence-corrected chi connectivity index (χ4v) is 5.11. The van der Waals surface area contributed by atoms with Gasteiger partial charge in [-0.1, -0.05) is 42.5 Å². The molecule has 3 aromatic rings. The van der Waals surface area contributed by atoms with E-state index in [9.17, 15) is 9.18 Å². The fourth-order valence-electron chi connectivity index (χ4n) is 5.11. The van der Waals surface area contributed by atoms with Gasteiger partial charge in [-0.3, -0.25) is 14.6 Å². The molecule has 0 radical (unpaired) electrons. The predicted molar refractivity (Wildman–Crippen MR) is 145 cm³/mol. The number of nitrogens with zero attached hydrogens (tertiary/aromatic N) is 4. The Morgan fingerprint density at radius 2 is 1.63 bits per heavy atom. The maximum Gasteiger partial charge on any atom is 0.257 e. The van der Waals surface area contributed by atoms with Crippen LogP contribution in [0.2, 0.25) is 0 Å². The summed E-state index contributed by atoms with van der Waals surface area (Å²) >= 11 is 0. The van der Waals surface area contributed by atoms with Gasteiger partial charge in [-0.15, -0.1) is 0 Å². The number of hydrogen-bond acceptors (Lipinski definition) is 6. The lowest BCUT2D eigenvalue weighted by molar-refractivity contribution is -0.134. The Balaban J connectivity index is 1.32. The van der Waals surface area contributed by atoms with Crippen LogP contribution >= 0.6 is 0 Å². The number of hydrogen-bond donors (Lipinski definition) is 0. The molecule has 198 valence electrons. The zero-order valence-corrected chi connectivity index (χ0v) is 21.8. The monoisotopic (exact) mass is 516 g/mol. The van der Waals surface area contributed by atoms with Crippen molar-refractivity contribution < 1.29 is 18.7 Å². The number of amides is 1. The first kappa shape index (κ1) is 25.9. The molecule has 0 spiro atoms. The van der Waals surface area contributed by atoms with Crippen molar-refractivity contribution in [2.45, 2.75) is 19.0 Å². The number of ether oxygens (including phenoxy) is 2. The van der Waals surface area contributed by atoms with Crippen LogP contribution in [0.5, 0.6) is 11.5 Å². The van der Waals surface area contributed by atoms with Crippen molar-refractivity contribution in [2.24, 2.45) is 5.10 Å². The fraction of sp³-hybridized carbons (Fsp3) is 0.333. The van der Waals surface area contributed by atoms with Gasteiger partial charge in [-0.2, -0.15) is 5.10 Å². The minimum Gasteiger partial charge on any atom is -0.497 e. The van der Waals surface area contributed by atoms with Gasteiger partial charge < -0.3 is 9.47 Å². The molecule has 3 aromatic carbocycles. The number of methoxy groups -OCH3 is 2. The SMILES string of the molecule is COc1ccc(OC)c(C2CC(c3ccc(F)cc3)=NN2C(=O)CN2CCN(Cc3ccccc3)CC2)c1. The number of piperazine rings is 1. The molecule has 0 N–H and O–H groups in total. The van der Waals surface area contributed by atoms with E-state index < -0.39 is 0 Å². The Kier molecular flexibility index (Phi) is 8.00. The van der Waals surface area contributed by atoms with Crippen LogP contribution in [0.3, 0.4) is 0 Å². The second kappa shape index (κ2) is 11.8. The molecule has 7 nitrogen and oxygen atoms in total. The van der Waals surface area contributed by atoms with Gasteiger partial charge in [0, 0.05) is 44.7 Å². The predicted octanol–water partition coefficient (Wildman–Crippen LogP) is 4.34. The number of halogens is 1. The van der Waals surface area contributed by atoms with Gasteiger partial charge in [0.25, 0.3) is 5.91 Å². The molecular weight excluding hydrogens is 483 g/mol. The number of hydrazone groups is 1. The maximum atomic E-state index is 13.7. The highest BCUT2D eigenvalue weighted by Gasteiger charge is 2.36. The highest BCUT2D eigenvalue weighted by Crippen LogP contribution is 2.39. The van der Waals surface area contributed by atoms with E-state index in [1.54, 1.807) is 31.4 Å². The highest BCUT2D eigenvalue weighted by molar-refractivity contribution is 6.03. The van der Waals surface area contributed by atoms with E-state index in [0.29, 0.717) is 17.9 Å². The van der Waals surface area contributed by atoms with Crippen LogP contribution in [-0.2, 0) is 11.3 Å². The molecule has 1 unspecified atom stereocenters. The molecule has 0 bridgehead atoms. The minimum absolute atomic E-state index is 0.0755. The Bertz CT molecular complexity index is 1270. The molecule has 1 amide bonds. The zero-order chi connectivity index (χ0) is 26.5. The molecule has 2 heterocycles. The minimum atomic E-state index is -0.355. The summed E-state index contributed by atoms with van der Waals surface area (Å²) in [4.78, 5) is 18.3. The van der Waals surface area contributed by atoms with Crippen molar-refractivity contribution in [1.82, 2.24) is 14.8 Å². The molecule has 2 aliphatic rings. The Labute approximate surface area is 223 Å². The van der Waals surface area contributed by atoms with Gasteiger partial charge in [0.05, 0.1) is 32.5 Å². The first-order valence-electron chi connectivity index (χ1n) is 12.9. The van der Waals surface area contributed by atoms with Crippen LogP contribution in [0.1, 0.15) is 29.2 Å². The van der Waals surface area contributed by atoms with Crippen LogP contribution < -0.4 is 9.47 Å². The number of carbonyl (C=O) groups is 1. The molecule has 2 aliphatic heterocycles. The number of carbonyl (C=O) groups excluding carboxylic acids is 1. The second-order valence-corrected chi connectivity index (χ2v) is 9.66. The average molecular weight is 517 g/mol. The highest BCUT2D eigenvalue weighted by atomic mass is 19.1. The average Bonchev–Trinajstić information content (AvgIpc) is 3.40. The molecule has 8 heteroatoms. The Morgan fingerprint density at radius 1 is 0.921 bits per heavy atom. The third kappa shape index (κ3) is 5.87. The van der Waals surface area contributed by atoms with E-state index in [1.807, 2.05) is 24.3 Å². The van der Waals surface area contributed by atoms with Crippen molar-refractivity contribution in [3.05, 3.63) is 95.3 Å². The Morgan fingerprint density at radius 3 is 2.32 bits per heavy atom. The third-order valence-corrected chi connectivity index (χ3v) is 7.21. The third-order valence-electron chi connectivity index (χ3n) is 7.21. The van der Waals surface area contributed by atoms with E-state index in [2.05, 4.69) is 34.1 Å². The van der Waals surface area contributed by atoms with Gasteiger partial charge in [0.2, 0.25) is 0 Å². The Hall–Kier alpha value is -3.75. The molecule has 1 atom stereocenters. The van der Waals surface area contributed by atoms with E-state index in [4.69, 9.17) is 14.6 Å². The smallest absolute Gasteiger partial charge is 0.257 e. The molecule has 0 saturated carbocycles. The first-order valence-corrected chi connectivity index (χ1v) is 12.9. The van der Waals surface area contributed by atoms with E-state index in [-0.39, 0.29) is 24.3 Å². The van der Waals surface area contributed by atoms with Crippen LogP contribution in [0.25, 0.3) is 0 Å². The molecule has 5 rings (SSSR count). The lowest BCUT2D eigenvalue weighted by Gasteiger charge is -2.35. The largest absolute Gasteiger partial charge is 0.497 e. The van der Waals surface area contributed by atoms with Gasteiger partial charge >= 0.3 is 0 Å². The lowest BCUT2D eigenvalue weighted by Crippen LogP contribution is -2.49. The summed E-state index contributed by atoms with van der Waals surface area (Å²) in [5.74, 6) is 0.961. The molecular formula is C30H33FN4O3. The molecule has 1 fully saturated rings. The topological polar surface area (TPSA) is 57.6 Å². The quantitative estimate of drug-likeness (QED) is 0.446. The number of rotatable bonds is 8. The van der Waals surface area contributed by atoms with Crippen LogP contribution in [-0.4, -0.2) is 73.4 Å². The molecule has 0 aliphatic carbocycles. The number of benzene rings is 3. The summed E-state index contributed by atoms with van der Waals surface area (Å²) in [6.07, 6.45) is 0.492. The first-order chi connectivity index (χ1) is 18.5. The van der Waals surface area contributed by atoms with E-state index in [1.165, 1.54) is 17.7 Å². The molecule has 1 saturated heterocycles. The second-order valence-electron chi connectivity index (χ2n) is 9.66. The van der Waals surface area contributed by atoms with Gasteiger partial charge in [0.1, 0.15) is 17.3 Å². The summed E-state index contributed by atoms with van der Waals surface area (Å²) in [6, 6.07) is 21.9. The van der Waals surface area contributed by atoms with Crippen LogP contribution in [0.15, 0.2) is 77.9 Å². The lowest BCUT2D eigenvalue weighted by atomic mass is 9.97. The van der Waals surface area contributed by atoms with Crippen molar-refractivity contribution in [3.8, 4) is 11.5 Å². The van der Waals surface area contributed by atoms with Gasteiger partial charge in [-0.25, -0.2) is 9.40 Å². The maximum absolute atomic E-state index is 13.7. The van der Waals surface area contributed by atoms with Crippen molar-refractivity contribution in [3.63, 3.8) is 0 Å². The summed E-state index contributed by atoms with van der Waals surface area (Å²) in [5, 5.41) is 6.33. The standard InChI is InChI=1S/C30H33FN4O3/c1-37-25-12-13-29(38-2)26(18-25)28-19-27(23-8-10-24(31)11-9-23)32-35(28)30(36)21-34-16-14-33(15-17-34)20-22-6-4-3-5-7-22/h3-13,18,28H,14-17,19-21H2,1-2H3. The zero-order valence-electron chi connectivity index (χ0n) is 21.8. The van der Waals surface area contributed by atoms with E-state index >= 15 is 0 Å². The molecule has 0 aromatic heterocycles. The van der Waals surface area contributed by atoms with E-state index in [0.717, 1.165) is 49.6 Å². The van der Waals surface area contributed by atoms with Crippen LogP contribution in [0, 0.1) is 5.82 Å². The summed E-state index contributed by atoms with van der Waals surface area (Å²) in [7, 11) is 3.23. The van der Waals surface area contributed by atoms with Crippen molar-refractivity contribution in [2.75, 3.05) is 46.9 Å². The summed E-state index contributed by atoms with van der Waals surface area (Å²) in [5.41, 5.74) is 3.66. The van der Waals surface area contributed by atoms with Crippen molar-refractivity contribution in [1.29, 1.82) is 0 Å². The summed E-state index contributed by atoms with van der Waals surface area (Å²) < 4.78 is 24.7. The van der Waals surface area contributed by atoms with Crippen molar-refractivity contribution >= 4 is 11.6 Å².